The van der Waals surface area contributed by atoms with Crippen LogP contribution >= 0.6 is 15.9 Å². The van der Waals surface area contributed by atoms with Crippen molar-refractivity contribution in [3.63, 3.8) is 0 Å². The molecule has 1 amide bonds. The van der Waals surface area contributed by atoms with Crippen LogP contribution in [0.4, 0.5) is 4.39 Å². The number of nitrogens with one attached hydrogen (secondary N) is 1. The van der Waals surface area contributed by atoms with Crippen LogP contribution in [-0.2, 0) is 14.4 Å². The second-order valence-corrected chi connectivity index (χ2v) is 4.91. The Balaban J connectivity index is 2.75. The summed E-state index contributed by atoms with van der Waals surface area (Å²) in [5, 5.41) is 19.3. The minimum absolute atomic E-state index is 0.129. The van der Waals surface area contributed by atoms with Crippen molar-refractivity contribution in [2.75, 3.05) is 0 Å². The summed E-state index contributed by atoms with van der Waals surface area (Å²) in [5.74, 6) is -4.21. The molecule has 1 rings (SSSR count). The summed E-state index contributed by atoms with van der Waals surface area (Å²) in [6.45, 7) is 0. The van der Waals surface area contributed by atoms with Gasteiger partial charge in [-0.1, -0.05) is 15.9 Å². The first kappa shape index (κ1) is 16.8. The number of carboxylic acid groups (broad SMARTS) is 2. The second-order valence-electron chi connectivity index (χ2n) is 4.00. The van der Waals surface area contributed by atoms with Gasteiger partial charge < -0.3 is 15.5 Å². The van der Waals surface area contributed by atoms with Crippen molar-refractivity contribution in [3.05, 3.63) is 40.1 Å². The van der Waals surface area contributed by atoms with Gasteiger partial charge in [0, 0.05) is 16.1 Å². The predicted molar refractivity (Wildman–Crippen MR) is 75.0 cm³/mol. The summed E-state index contributed by atoms with van der Waals surface area (Å²) in [6, 6.07) is 2.57. The van der Waals surface area contributed by atoms with E-state index in [1.807, 2.05) is 5.32 Å². The average molecular weight is 360 g/mol. The minimum Gasteiger partial charge on any atom is -0.481 e. The third kappa shape index (κ3) is 5.74. The van der Waals surface area contributed by atoms with Crippen LogP contribution in [0.3, 0.4) is 0 Å². The summed E-state index contributed by atoms with van der Waals surface area (Å²) < 4.78 is 14.0. The molecule has 112 valence electrons. The Kier molecular flexibility index (Phi) is 6.04. The molecule has 0 bridgehead atoms. The zero-order valence-electron chi connectivity index (χ0n) is 10.5. The second kappa shape index (κ2) is 7.53. The molecule has 0 saturated heterocycles. The molecule has 1 atom stereocenters. The predicted octanol–water partition coefficient (Wildman–Crippen LogP) is 1.65. The van der Waals surface area contributed by atoms with Gasteiger partial charge in [-0.15, -0.1) is 0 Å². The maximum Gasteiger partial charge on any atom is 0.326 e. The van der Waals surface area contributed by atoms with Crippen LogP contribution in [0.5, 0.6) is 0 Å². The number of hydrogen-bond donors (Lipinski definition) is 3. The lowest BCUT2D eigenvalue weighted by molar-refractivity contribution is -0.146. The molecule has 0 radical (unpaired) electrons. The van der Waals surface area contributed by atoms with Crippen molar-refractivity contribution < 1.29 is 29.0 Å². The van der Waals surface area contributed by atoms with Crippen LogP contribution in [-0.4, -0.2) is 34.1 Å². The first-order chi connectivity index (χ1) is 9.79. The normalized spacial score (nSPS) is 12.1. The zero-order chi connectivity index (χ0) is 16.0. The number of amides is 1. The molecule has 0 unspecified atom stereocenters. The number of benzene rings is 1. The quantitative estimate of drug-likeness (QED) is 0.670. The maximum atomic E-state index is 13.4. The van der Waals surface area contributed by atoms with Crippen LogP contribution in [0.1, 0.15) is 12.0 Å². The molecule has 0 heterocycles. The molecule has 0 aromatic heterocycles. The summed E-state index contributed by atoms with van der Waals surface area (Å²) >= 11 is 3.15. The van der Waals surface area contributed by atoms with Gasteiger partial charge in [-0.25, -0.2) is 9.18 Å². The van der Waals surface area contributed by atoms with E-state index in [2.05, 4.69) is 15.9 Å². The van der Waals surface area contributed by atoms with Gasteiger partial charge in [0.05, 0.1) is 6.42 Å². The van der Waals surface area contributed by atoms with E-state index in [-0.39, 0.29) is 5.56 Å². The molecule has 0 fully saturated rings. The van der Waals surface area contributed by atoms with Gasteiger partial charge in [-0.2, -0.15) is 0 Å². The van der Waals surface area contributed by atoms with Crippen molar-refractivity contribution >= 4 is 39.9 Å². The SMILES string of the molecule is O=C(O)C[C@@H](NC(=O)/C=C/c1cc(Br)ccc1F)C(=O)O. The van der Waals surface area contributed by atoms with Crippen molar-refractivity contribution in [1.29, 1.82) is 0 Å². The topological polar surface area (TPSA) is 104 Å². The molecule has 3 N–H and O–H groups in total. The molecule has 6 nitrogen and oxygen atoms in total. The van der Waals surface area contributed by atoms with E-state index in [0.29, 0.717) is 4.47 Å². The minimum atomic E-state index is -1.55. The zero-order valence-corrected chi connectivity index (χ0v) is 12.1. The lowest BCUT2D eigenvalue weighted by Crippen LogP contribution is -2.41. The van der Waals surface area contributed by atoms with Crippen molar-refractivity contribution in [2.45, 2.75) is 12.5 Å². The number of carboxylic acids is 2. The number of rotatable bonds is 6. The molecule has 0 spiro atoms. The van der Waals surface area contributed by atoms with E-state index in [1.54, 1.807) is 0 Å². The van der Waals surface area contributed by atoms with Gasteiger partial charge in [0.25, 0.3) is 0 Å². The Morgan fingerprint density at radius 2 is 2.00 bits per heavy atom. The molecule has 0 aliphatic rings. The maximum absolute atomic E-state index is 13.4. The number of halogens is 2. The Bertz CT molecular complexity index is 602. The Hall–Kier alpha value is -2.22. The number of carbonyl (C=O) groups excluding carboxylic acids is 1. The van der Waals surface area contributed by atoms with E-state index in [1.165, 1.54) is 18.2 Å². The van der Waals surface area contributed by atoms with E-state index >= 15 is 0 Å². The lowest BCUT2D eigenvalue weighted by Gasteiger charge is -2.10. The molecule has 0 aliphatic heterocycles. The fourth-order valence-electron chi connectivity index (χ4n) is 1.40. The lowest BCUT2D eigenvalue weighted by atomic mass is 10.2. The highest BCUT2D eigenvalue weighted by Gasteiger charge is 2.21. The number of aliphatic carboxylic acids is 2. The van der Waals surface area contributed by atoms with Crippen LogP contribution in [0, 0.1) is 5.82 Å². The molecule has 1 aromatic carbocycles. The first-order valence-electron chi connectivity index (χ1n) is 5.68. The van der Waals surface area contributed by atoms with E-state index in [4.69, 9.17) is 10.2 Å². The van der Waals surface area contributed by atoms with Crippen molar-refractivity contribution in [2.24, 2.45) is 0 Å². The van der Waals surface area contributed by atoms with Crippen molar-refractivity contribution in [3.8, 4) is 0 Å². The fourth-order valence-corrected chi connectivity index (χ4v) is 1.78. The highest BCUT2D eigenvalue weighted by Crippen LogP contribution is 2.16. The highest BCUT2D eigenvalue weighted by molar-refractivity contribution is 9.10. The van der Waals surface area contributed by atoms with Gasteiger partial charge in [-0.3, -0.25) is 9.59 Å². The van der Waals surface area contributed by atoms with Crippen LogP contribution < -0.4 is 5.32 Å². The third-order valence-corrected chi connectivity index (χ3v) is 2.86. The van der Waals surface area contributed by atoms with E-state index in [0.717, 1.165) is 12.2 Å². The first-order valence-corrected chi connectivity index (χ1v) is 6.47. The molecule has 1 aromatic rings. The molecule has 0 saturated carbocycles. The number of hydrogen-bond acceptors (Lipinski definition) is 3. The Morgan fingerprint density at radius 1 is 1.33 bits per heavy atom. The Labute approximate surface area is 127 Å². The Morgan fingerprint density at radius 3 is 2.57 bits per heavy atom. The fraction of sp³-hybridized carbons (Fsp3) is 0.154. The van der Waals surface area contributed by atoms with Gasteiger partial charge in [0.1, 0.15) is 11.9 Å². The molecule has 8 heteroatoms. The average Bonchev–Trinajstić information content (AvgIpc) is 2.38. The monoisotopic (exact) mass is 359 g/mol. The summed E-state index contributed by atoms with van der Waals surface area (Å²) in [4.78, 5) is 32.8. The van der Waals surface area contributed by atoms with Gasteiger partial charge in [0.2, 0.25) is 5.91 Å². The van der Waals surface area contributed by atoms with Crippen LogP contribution in [0.25, 0.3) is 6.08 Å². The van der Waals surface area contributed by atoms with Gasteiger partial charge in [-0.05, 0) is 24.3 Å². The number of carbonyl (C=O) groups is 3. The van der Waals surface area contributed by atoms with E-state index in [9.17, 15) is 18.8 Å². The molecule has 0 aliphatic carbocycles. The van der Waals surface area contributed by atoms with Gasteiger partial charge >= 0.3 is 11.9 Å². The van der Waals surface area contributed by atoms with Crippen molar-refractivity contribution in [1.82, 2.24) is 5.32 Å². The van der Waals surface area contributed by atoms with Crippen LogP contribution in [0.15, 0.2) is 28.7 Å². The molecular weight excluding hydrogens is 349 g/mol. The summed E-state index contributed by atoms with van der Waals surface area (Å²) in [7, 11) is 0. The summed E-state index contributed by atoms with van der Waals surface area (Å²) in [6.07, 6.45) is 1.35. The van der Waals surface area contributed by atoms with Gasteiger partial charge in [0.15, 0.2) is 0 Å². The summed E-state index contributed by atoms with van der Waals surface area (Å²) in [5.41, 5.74) is 0.129. The third-order valence-electron chi connectivity index (χ3n) is 2.37. The largest absolute Gasteiger partial charge is 0.481 e. The molecule has 21 heavy (non-hydrogen) atoms. The molecular formula is C13H11BrFNO5. The smallest absolute Gasteiger partial charge is 0.326 e. The standard InChI is InChI=1S/C13H11BrFNO5/c14-8-2-3-9(15)7(5-8)1-4-11(17)16-10(13(20)21)6-12(18)19/h1-5,10H,6H2,(H,16,17)(H,18,19)(H,20,21)/b4-1+/t10-/m1/s1. The van der Waals surface area contributed by atoms with Crippen LogP contribution in [0.2, 0.25) is 0 Å². The highest BCUT2D eigenvalue weighted by atomic mass is 79.9. The van der Waals surface area contributed by atoms with E-state index < -0.39 is 36.1 Å².